The molecule has 7 nitrogen and oxygen atoms in total. The lowest BCUT2D eigenvalue weighted by atomic mass is 9.93. The smallest absolute Gasteiger partial charge is 0.201 e. The molecule has 0 atom stereocenters. The molecular weight excluding hydrogens is 452 g/mol. The SMILES string of the molecule is N#C/C(=N\Nc1c(Br)cc(Br)cc1CNC1CCC(O)CC1)C(=N)N. The van der Waals surface area contributed by atoms with Gasteiger partial charge in [-0.15, -0.1) is 0 Å². The molecule has 25 heavy (non-hydrogen) atoms. The highest BCUT2D eigenvalue weighted by Crippen LogP contribution is 2.31. The van der Waals surface area contributed by atoms with Crippen LogP contribution in [0.5, 0.6) is 0 Å². The molecule has 1 aromatic rings. The van der Waals surface area contributed by atoms with Crippen LogP contribution < -0.4 is 16.5 Å². The molecule has 0 aliphatic heterocycles. The third-order valence-electron chi connectivity index (χ3n) is 4.06. The molecule has 1 saturated carbocycles. The maximum atomic E-state index is 9.60. The number of halogens is 2. The van der Waals surface area contributed by atoms with Gasteiger partial charge in [0.2, 0.25) is 5.71 Å². The highest BCUT2D eigenvalue weighted by molar-refractivity contribution is 9.11. The summed E-state index contributed by atoms with van der Waals surface area (Å²) in [5.74, 6) is -0.385. The van der Waals surface area contributed by atoms with Gasteiger partial charge in [-0.2, -0.15) is 10.4 Å². The number of nitrogens with two attached hydrogens (primary N) is 1. The topological polar surface area (TPSA) is 130 Å². The average molecular weight is 472 g/mol. The van der Waals surface area contributed by atoms with Crippen molar-refractivity contribution in [2.45, 2.75) is 44.4 Å². The largest absolute Gasteiger partial charge is 0.393 e. The minimum atomic E-state index is -0.385. The van der Waals surface area contributed by atoms with Crippen molar-refractivity contribution in [1.29, 1.82) is 10.7 Å². The Morgan fingerprint density at radius 1 is 1.36 bits per heavy atom. The van der Waals surface area contributed by atoms with Crippen molar-refractivity contribution in [1.82, 2.24) is 5.32 Å². The van der Waals surface area contributed by atoms with Crippen LogP contribution in [0.4, 0.5) is 5.69 Å². The van der Waals surface area contributed by atoms with Crippen molar-refractivity contribution in [3.63, 3.8) is 0 Å². The monoisotopic (exact) mass is 470 g/mol. The van der Waals surface area contributed by atoms with E-state index in [-0.39, 0.29) is 17.7 Å². The Hall–Kier alpha value is -1.47. The van der Waals surface area contributed by atoms with E-state index in [0.717, 1.165) is 40.2 Å². The van der Waals surface area contributed by atoms with E-state index in [1.54, 1.807) is 6.07 Å². The molecule has 0 unspecified atom stereocenters. The fourth-order valence-corrected chi connectivity index (χ4v) is 4.09. The fourth-order valence-electron chi connectivity index (χ4n) is 2.68. The van der Waals surface area contributed by atoms with Gasteiger partial charge in [-0.05, 0) is 59.3 Å². The first-order chi connectivity index (χ1) is 11.9. The number of amidine groups is 1. The van der Waals surface area contributed by atoms with E-state index in [1.165, 1.54) is 0 Å². The summed E-state index contributed by atoms with van der Waals surface area (Å²) in [5, 5.41) is 33.3. The van der Waals surface area contributed by atoms with E-state index in [4.69, 9.17) is 16.4 Å². The van der Waals surface area contributed by atoms with Gasteiger partial charge in [0.25, 0.3) is 0 Å². The van der Waals surface area contributed by atoms with E-state index < -0.39 is 0 Å². The van der Waals surface area contributed by atoms with Gasteiger partial charge in [0.1, 0.15) is 6.07 Å². The molecule has 1 aromatic carbocycles. The lowest BCUT2D eigenvalue weighted by molar-refractivity contribution is 0.116. The van der Waals surface area contributed by atoms with Crippen LogP contribution in [0.2, 0.25) is 0 Å². The number of benzene rings is 1. The van der Waals surface area contributed by atoms with Gasteiger partial charge in [-0.3, -0.25) is 10.8 Å². The molecule has 0 heterocycles. The quantitative estimate of drug-likeness (QED) is 0.247. The molecule has 9 heteroatoms. The molecule has 1 fully saturated rings. The molecule has 0 bridgehead atoms. The molecular formula is C16H20Br2N6O. The summed E-state index contributed by atoms with van der Waals surface area (Å²) >= 11 is 6.97. The van der Waals surface area contributed by atoms with E-state index in [9.17, 15) is 5.11 Å². The minimum absolute atomic E-state index is 0.171. The first-order valence-corrected chi connectivity index (χ1v) is 9.47. The molecule has 6 N–H and O–H groups in total. The van der Waals surface area contributed by atoms with Crippen LogP contribution in [0.3, 0.4) is 0 Å². The third kappa shape index (κ3) is 5.78. The van der Waals surface area contributed by atoms with E-state index in [2.05, 4.69) is 47.7 Å². The normalized spacial score (nSPS) is 20.8. The summed E-state index contributed by atoms with van der Waals surface area (Å²) < 4.78 is 1.69. The van der Waals surface area contributed by atoms with Crippen LogP contribution >= 0.6 is 31.9 Å². The Kier molecular flexibility index (Phi) is 7.38. The second-order valence-corrected chi connectivity index (χ2v) is 7.68. The second kappa shape index (κ2) is 9.29. The number of nitrogens with one attached hydrogen (secondary N) is 3. The van der Waals surface area contributed by atoms with E-state index in [1.807, 2.05) is 12.1 Å². The van der Waals surface area contributed by atoms with Crippen molar-refractivity contribution in [3.05, 3.63) is 26.6 Å². The van der Waals surface area contributed by atoms with Crippen molar-refractivity contribution >= 4 is 49.1 Å². The molecule has 0 amide bonds. The average Bonchev–Trinajstić information content (AvgIpc) is 2.56. The summed E-state index contributed by atoms with van der Waals surface area (Å²) in [4.78, 5) is 0. The standard InChI is InChI=1S/C16H20Br2N6O/c17-10-5-9(8-22-11-1-3-12(25)4-2-11)15(13(18)6-10)24-23-14(7-19)16(20)21/h5-6,11-12,22,24-25H,1-4,8H2,(H3,20,21)/b23-14+. The lowest BCUT2D eigenvalue weighted by Gasteiger charge is -2.26. The predicted octanol–water partition coefficient (Wildman–Crippen LogP) is 2.83. The summed E-state index contributed by atoms with van der Waals surface area (Å²) in [7, 11) is 0. The zero-order chi connectivity index (χ0) is 18.4. The zero-order valence-electron chi connectivity index (χ0n) is 13.5. The minimum Gasteiger partial charge on any atom is -0.393 e. The molecule has 0 radical (unpaired) electrons. The molecule has 1 aliphatic carbocycles. The Labute approximate surface area is 163 Å². The van der Waals surface area contributed by atoms with Gasteiger partial charge < -0.3 is 16.2 Å². The Morgan fingerprint density at radius 3 is 2.64 bits per heavy atom. The second-order valence-electron chi connectivity index (χ2n) is 5.91. The van der Waals surface area contributed by atoms with Crippen LogP contribution in [-0.4, -0.2) is 28.8 Å². The molecule has 0 aromatic heterocycles. The number of hydrogen-bond acceptors (Lipinski definition) is 6. The van der Waals surface area contributed by atoms with Gasteiger partial charge in [0, 0.05) is 21.5 Å². The number of nitrogens with zero attached hydrogens (tertiary/aromatic N) is 2. The summed E-state index contributed by atoms with van der Waals surface area (Å²) in [6, 6.07) is 5.99. The first-order valence-electron chi connectivity index (χ1n) is 7.88. The zero-order valence-corrected chi connectivity index (χ0v) is 16.7. The van der Waals surface area contributed by atoms with Crippen LogP contribution in [0.25, 0.3) is 0 Å². The number of rotatable bonds is 6. The first kappa shape index (κ1) is 19.8. The van der Waals surface area contributed by atoms with Crippen LogP contribution in [0, 0.1) is 16.7 Å². The highest BCUT2D eigenvalue weighted by atomic mass is 79.9. The van der Waals surface area contributed by atoms with Gasteiger partial charge in [0.05, 0.1) is 11.8 Å². The van der Waals surface area contributed by atoms with Crippen LogP contribution in [0.1, 0.15) is 31.2 Å². The Balaban J connectivity index is 2.14. The predicted molar refractivity (Wildman–Crippen MR) is 106 cm³/mol. The lowest BCUT2D eigenvalue weighted by Crippen LogP contribution is -2.34. The van der Waals surface area contributed by atoms with Gasteiger partial charge in [0.15, 0.2) is 5.84 Å². The van der Waals surface area contributed by atoms with Crippen molar-refractivity contribution < 1.29 is 5.11 Å². The summed E-state index contributed by atoms with van der Waals surface area (Å²) in [6.45, 7) is 0.610. The van der Waals surface area contributed by atoms with Gasteiger partial charge in [-0.1, -0.05) is 15.9 Å². The Morgan fingerprint density at radius 2 is 2.04 bits per heavy atom. The van der Waals surface area contributed by atoms with Crippen LogP contribution in [-0.2, 0) is 6.54 Å². The maximum Gasteiger partial charge on any atom is 0.201 e. The Bertz CT molecular complexity index is 707. The molecule has 0 saturated heterocycles. The highest BCUT2D eigenvalue weighted by Gasteiger charge is 2.19. The van der Waals surface area contributed by atoms with Crippen LogP contribution in [0.15, 0.2) is 26.2 Å². The summed E-state index contributed by atoms with van der Waals surface area (Å²) in [6.07, 6.45) is 3.35. The molecule has 1 aliphatic rings. The molecule has 0 spiro atoms. The van der Waals surface area contributed by atoms with Crippen molar-refractivity contribution in [2.24, 2.45) is 10.8 Å². The number of hydrogen-bond donors (Lipinski definition) is 5. The van der Waals surface area contributed by atoms with E-state index in [0.29, 0.717) is 18.3 Å². The maximum absolute atomic E-state index is 9.60. The number of anilines is 1. The van der Waals surface area contributed by atoms with E-state index >= 15 is 0 Å². The molecule has 134 valence electrons. The number of aliphatic hydroxyl groups is 1. The van der Waals surface area contributed by atoms with Gasteiger partial charge >= 0.3 is 0 Å². The number of nitriles is 1. The molecule has 2 rings (SSSR count). The number of aliphatic hydroxyl groups excluding tert-OH is 1. The third-order valence-corrected chi connectivity index (χ3v) is 5.14. The fraction of sp³-hybridized carbons (Fsp3) is 0.438. The van der Waals surface area contributed by atoms with Gasteiger partial charge in [-0.25, -0.2) is 0 Å². The van der Waals surface area contributed by atoms with Crippen molar-refractivity contribution in [2.75, 3.05) is 5.43 Å². The summed E-state index contributed by atoms with van der Waals surface area (Å²) in [5.41, 5.74) is 9.64. The number of hydrazone groups is 1. The van der Waals surface area contributed by atoms with Crippen molar-refractivity contribution in [3.8, 4) is 6.07 Å².